The summed E-state index contributed by atoms with van der Waals surface area (Å²) in [6, 6.07) is 9.31. The smallest absolute Gasteiger partial charge is 0.696 e. The van der Waals surface area contributed by atoms with Crippen molar-refractivity contribution in [3.63, 3.8) is 0 Å². The molecule has 1 fully saturated rings. The SMILES string of the molecule is CC[C@H]1CN2CCc3cc(OC)c(OC)cc3[C@@H]2C[C@@H]1C[C@@H]1c2cc(OC)c(OC)cc2CCN1S(=S)[S-].[K+]. The zero-order valence-electron chi connectivity index (χ0n) is 24.0. The van der Waals surface area contributed by atoms with Crippen molar-refractivity contribution in [1.82, 2.24) is 9.21 Å². The second-order valence-electron chi connectivity index (χ2n) is 10.6. The normalized spacial score (nSPS) is 25.4. The van der Waals surface area contributed by atoms with Crippen LogP contribution >= 0.6 is 0 Å². The maximum atomic E-state index is 5.71. The van der Waals surface area contributed by atoms with Gasteiger partial charge in [-0.1, -0.05) is 24.5 Å². The van der Waals surface area contributed by atoms with E-state index in [0.717, 1.165) is 68.3 Å². The van der Waals surface area contributed by atoms with Gasteiger partial charge in [0.25, 0.3) is 0 Å². The van der Waals surface area contributed by atoms with E-state index in [0.29, 0.717) is 17.9 Å². The average molecular weight is 615 g/mol. The first-order valence-electron chi connectivity index (χ1n) is 13.5. The predicted molar refractivity (Wildman–Crippen MR) is 159 cm³/mol. The summed E-state index contributed by atoms with van der Waals surface area (Å²) in [4.78, 5) is 2.70. The van der Waals surface area contributed by atoms with Gasteiger partial charge in [-0.25, -0.2) is 0 Å². The number of methoxy groups -OCH3 is 4. The van der Waals surface area contributed by atoms with E-state index in [2.05, 4.69) is 40.4 Å². The van der Waals surface area contributed by atoms with Crippen molar-refractivity contribution in [2.45, 2.75) is 51.1 Å². The van der Waals surface area contributed by atoms with Crippen molar-refractivity contribution < 1.29 is 70.3 Å². The minimum Gasteiger partial charge on any atom is -0.696 e. The number of rotatable bonds is 8. The monoisotopic (exact) mass is 614 g/mol. The molecule has 0 amide bonds. The fraction of sp³-hybridized carbons (Fsp3) is 0.586. The van der Waals surface area contributed by atoms with Crippen LogP contribution < -0.4 is 70.3 Å². The third-order valence-corrected chi connectivity index (χ3v) is 10.9. The van der Waals surface area contributed by atoms with E-state index in [1.165, 1.54) is 28.7 Å². The van der Waals surface area contributed by atoms with Crippen LogP contribution in [-0.2, 0) is 44.4 Å². The zero-order chi connectivity index (χ0) is 27.0. The predicted octanol–water partition coefficient (Wildman–Crippen LogP) is 2.12. The molecule has 0 N–H and O–H groups in total. The van der Waals surface area contributed by atoms with Crippen LogP contribution in [0.25, 0.3) is 0 Å². The van der Waals surface area contributed by atoms with E-state index in [1.807, 2.05) is 0 Å². The number of ether oxygens (including phenoxy) is 4. The Kier molecular flexibility index (Phi) is 11.5. The summed E-state index contributed by atoms with van der Waals surface area (Å²) in [6.45, 7) is 5.45. The van der Waals surface area contributed by atoms with Crippen LogP contribution in [0.5, 0.6) is 23.0 Å². The second kappa shape index (κ2) is 14.1. The molecule has 0 spiro atoms. The van der Waals surface area contributed by atoms with Crippen LogP contribution in [0.1, 0.15) is 60.5 Å². The second-order valence-corrected chi connectivity index (χ2v) is 14.0. The maximum absolute atomic E-state index is 5.71. The van der Waals surface area contributed by atoms with Gasteiger partial charge in [0, 0.05) is 31.7 Å². The van der Waals surface area contributed by atoms with Gasteiger partial charge < -0.3 is 30.6 Å². The van der Waals surface area contributed by atoms with Crippen LogP contribution in [0.3, 0.4) is 0 Å². The Labute approximate surface area is 288 Å². The van der Waals surface area contributed by atoms with Gasteiger partial charge in [-0.15, -0.1) is 0 Å². The molecule has 10 heteroatoms. The van der Waals surface area contributed by atoms with Gasteiger partial charge in [0.1, 0.15) is 0 Å². The Bertz CT molecular complexity index is 1200. The Morgan fingerprint density at radius 1 is 0.846 bits per heavy atom. The summed E-state index contributed by atoms with van der Waals surface area (Å²) in [5.41, 5.74) is 5.40. The molecule has 39 heavy (non-hydrogen) atoms. The molecule has 5 rings (SSSR count). The quantitative estimate of drug-likeness (QED) is 0.255. The molecule has 5 atom stereocenters. The topological polar surface area (TPSA) is 43.4 Å². The van der Waals surface area contributed by atoms with Crippen molar-refractivity contribution >= 4 is 31.5 Å². The minimum absolute atomic E-state index is 0. The van der Waals surface area contributed by atoms with E-state index < -0.39 is 8.67 Å². The summed E-state index contributed by atoms with van der Waals surface area (Å²) in [7, 11) is 6.21. The van der Waals surface area contributed by atoms with Gasteiger partial charge in [-0.05, 0) is 84.0 Å². The van der Waals surface area contributed by atoms with Gasteiger partial charge in [0.2, 0.25) is 0 Å². The van der Waals surface area contributed by atoms with Gasteiger partial charge in [0.15, 0.2) is 23.0 Å². The van der Waals surface area contributed by atoms with E-state index in [1.54, 1.807) is 28.4 Å². The molecule has 0 saturated carbocycles. The average Bonchev–Trinajstić information content (AvgIpc) is 2.94. The van der Waals surface area contributed by atoms with E-state index in [4.69, 9.17) is 41.8 Å². The molecule has 6 nitrogen and oxygen atoms in total. The first kappa shape index (κ1) is 32.0. The minimum atomic E-state index is -0.638. The van der Waals surface area contributed by atoms with Crippen LogP contribution in [0.4, 0.5) is 0 Å². The first-order valence-corrected chi connectivity index (χ1v) is 16.5. The van der Waals surface area contributed by atoms with Crippen LogP contribution in [-0.4, -0.2) is 57.3 Å². The summed E-state index contributed by atoms with van der Waals surface area (Å²) in [5.74, 6) is 4.39. The van der Waals surface area contributed by atoms with Crippen molar-refractivity contribution in [2.75, 3.05) is 48.1 Å². The van der Waals surface area contributed by atoms with Crippen LogP contribution in [0.15, 0.2) is 24.3 Å². The van der Waals surface area contributed by atoms with E-state index in [-0.39, 0.29) is 57.4 Å². The maximum Gasteiger partial charge on any atom is 1.00 e. The fourth-order valence-electron chi connectivity index (χ4n) is 6.97. The van der Waals surface area contributed by atoms with E-state index in [9.17, 15) is 0 Å². The van der Waals surface area contributed by atoms with Gasteiger partial charge in [-0.3, -0.25) is 9.21 Å². The molecule has 0 aromatic heterocycles. The number of nitrogens with zero attached hydrogens (tertiary/aromatic N) is 2. The Balaban J connectivity index is 0.00000353. The Morgan fingerprint density at radius 3 is 1.95 bits per heavy atom. The zero-order valence-corrected chi connectivity index (χ0v) is 29.6. The molecule has 0 aliphatic carbocycles. The molecule has 3 aliphatic rings. The molecule has 1 unspecified atom stereocenters. The summed E-state index contributed by atoms with van der Waals surface area (Å²) in [5, 5.41) is 0. The van der Waals surface area contributed by atoms with Crippen molar-refractivity contribution in [1.29, 1.82) is 0 Å². The Hall–Kier alpha value is 0.116. The summed E-state index contributed by atoms with van der Waals surface area (Å²) in [6.07, 6.45) is 5.32. The third kappa shape index (κ3) is 6.40. The van der Waals surface area contributed by atoms with Crippen LogP contribution in [0, 0.1) is 11.8 Å². The van der Waals surface area contributed by atoms with Crippen LogP contribution in [0.2, 0.25) is 0 Å². The standard InChI is InChI=1S/C29H40N2O4S3.K/c1-6-18-17-30-9-7-19-13-26(32-2)28(34-4)15-22(19)24(30)11-21(18)12-25-23-16-29(35-5)27(33-3)14-20(23)8-10-31(25)38(36)37;/h13-16,18,21,24-25H,6-12,17H2,1-5H3,(H,36,37);/q;+1/p-1/t18-,21+,24-,25+;/m0./s1. The molecule has 2 aromatic carbocycles. The van der Waals surface area contributed by atoms with E-state index >= 15 is 0 Å². The van der Waals surface area contributed by atoms with Gasteiger partial charge >= 0.3 is 51.4 Å². The van der Waals surface area contributed by atoms with Gasteiger partial charge in [-0.2, -0.15) is 8.67 Å². The number of hydrogen-bond acceptors (Lipinski definition) is 7. The molecule has 208 valence electrons. The molecule has 0 radical (unpaired) electrons. The summed E-state index contributed by atoms with van der Waals surface area (Å²) < 4.78 is 25.0. The Morgan fingerprint density at radius 2 is 1.38 bits per heavy atom. The van der Waals surface area contributed by atoms with Crippen molar-refractivity contribution in [2.24, 2.45) is 11.8 Å². The number of piperidine rings is 1. The number of hydrogen-bond donors (Lipinski definition) is 0. The van der Waals surface area contributed by atoms with Gasteiger partial charge in [0.05, 0.1) is 28.4 Å². The molecule has 0 bridgehead atoms. The van der Waals surface area contributed by atoms with Crippen molar-refractivity contribution in [3.05, 3.63) is 46.5 Å². The first-order chi connectivity index (χ1) is 18.4. The molecule has 3 heterocycles. The summed E-state index contributed by atoms with van der Waals surface area (Å²) >= 11 is 11.4. The molecule has 1 saturated heterocycles. The number of fused-ring (bicyclic) bond motifs is 4. The number of benzene rings is 2. The molecule has 3 aliphatic heterocycles. The largest absolute Gasteiger partial charge is 1.00 e. The van der Waals surface area contributed by atoms with Crippen molar-refractivity contribution in [3.8, 4) is 23.0 Å². The molecule has 2 aromatic rings. The third-order valence-electron chi connectivity index (χ3n) is 8.97. The molecular weight excluding hydrogens is 576 g/mol. The molecular formula is C29H39KN2O4S3. The fourth-order valence-corrected chi connectivity index (χ4v) is 8.69.